The molecule has 0 aromatic carbocycles. The number of rotatable bonds is 4. The molecule has 0 aliphatic carbocycles. The third-order valence-corrected chi connectivity index (χ3v) is 1.83. The van der Waals surface area contributed by atoms with E-state index in [-0.39, 0.29) is 5.54 Å². The van der Waals surface area contributed by atoms with E-state index in [1.807, 2.05) is 32.9 Å². The van der Waals surface area contributed by atoms with Crippen LogP contribution in [0.1, 0.15) is 25.1 Å². The summed E-state index contributed by atoms with van der Waals surface area (Å²) in [7, 11) is 0. The lowest BCUT2D eigenvalue weighted by molar-refractivity contribution is 0.0826. The molecule has 2 N–H and O–H groups in total. The van der Waals surface area contributed by atoms with Gasteiger partial charge in [0.1, 0.15) is 0 Å². The molecular formula is C11H18N2O. The molecule has 0 radical (unpaired) electrons. The van der Waals surface area contributed by atoms with Crippen LogP contribution in [0, 0.1) is 6.92 Å². The minimum atomic E-state index is -0.275. The molecule has 0 amide bonds. The van der Waals surface area contributed by atoms with Crippen LogP contribution in [0.15, 0.2) is 18.3 Å². The van der Waals surface area contributed by atoms with Gasteiger partial charge in [0.15, 0.2) is 0 Å². The Balaban J connectivity index is 2.43. The molecule has 0 aliphatic heterocycles. The van der Waals surface area contributed by atoms with Crippen molar-refractivity contribution in [2.75, 3.05) is 6.61 Å². The highest BCUT2D eigenvalue weighted by molar-refractivity contribution is 5.16. The van der Waals surface area contributed by atoms with Crippen LogP contribution >= 0.6 is 0 Å². The van der Waals surface area contributed by atoms with E-state index in [1.54, 1.807) is 6.20 Å². The summed E-state index contributed by atoms with van der Waals surface area (Å²) in [6.07, 6.45) is 1.78. The maximum atomic E-state index is 5.79. The predicted molar refractivity (Wildman–Crippen MR) is 56.9 cm³/mol. The van der Waals surface area contributed by atoms with Crippen LogP contribution in [-0.4, -0.2) is 17.1 Å². The van der Waals surface area contributed by atoms with E-state index in [0.717, 1.165) is 11.3 Å². The topological polar surface area (TPSA) is 48.1 Å². The van der Waals surface area contributed by atoms with Gasteiger partial charge >= 0.3 is 0 Å². The molecule has 0 saturated carbocycles. The number of pyridine rings is 1. The molecule has 1 rings (SSSR count). The fraction of sp³-hybridized carbons (Fsp3) is 0.545. The number of nitrogens with two attached hydrogens (primary N) is 1. The van der Waals surface area contributed by atoms with Crippen LogP contribution in [0.3, 0.4) is 0 Å². The second kappa shape index (κ2) is 4.53. The van der Waals surface area contributed by atoms with Gasteiger partial charge in [-0.2, -0.15) is 0 Å². The van der Waals surface area contributed by atoms with Crippen LogP contribution in [-0.2, 0) is 11.3 Å². The Morgan fingerprint density at radius 2 is 2.21 bits per heavy atom. The zero-order valence-electron chi connectivity index (χ0n) is 9.08. The molecule has 0 spiro atoms. The number of aryl methyl sites for hydroxylation is 1. The van der Waals surface area contributed by atoms with Gasteiger partial charge in [-0.3, -0.25) is 4.98 Å². The van der Waals surface area contributed by atoms with E-state index < -0.39 is 0 Å². The molecule has 14 heavy (non-hydrogen) atoms. The molecule has 0 saturated heterocycles. The maximum Gasteiger partial charge on any atom is 0.0891 e. The minimum Gasteiger partial charge on any atom is -0.373 e. The van der Waals surface area contributed by atoms with E-state index in [2.05, 4.69) is 4.98 Å². The fourth-order valence-corrected chi connectivity index (χ4v) is 1.08. The summed E-state index contributed by atoms with van der Waals surface area (Å²) >= 11 is 0. The fourth-order valence-electron chi connectivity index (χ4n) is 1.08. The Bertz CT molecular complexity index is 292. The zero-order valence-corrected chi connectivity index (χ0v) is 9.08. The molecule has 0 fully saturated rings. The first-order chi connectivity index (χ1) is 6.49. The lowest BCUT2D eigenvalue weighted by atomic mass is 10.1. The third-order valence-electron chi connectivity index (χ3n) is 1.83. The smallest absolute Gasteiger partial charge is 0.0891 e. The van der Waals surface area contributed by atoms with Gasteiger partial charge in [-0.05, 0) is 32.4 Å². The van der Waals surface area contributed by atoms with Crippen LogP contribution in [0.5, 0.6) is 0 Å². The van der Waals surface area contributed by atoms with Crippen molar-refractivity contribution in [2.24, 2.45) is 5.73 Å². The Kier molecular flexibility index (Phi) is 3.61. The molecule has 3 heteroatoms. The lowest BCUT2D eigenvalue weighted by Crippen LogP contribution is -2.37. The molecule has 0 aliphatic rings. The first kappa shape index (κ1) is 11.1. The molecule has 1 aromatic heterocycles. The van der Waals surface area contributed by atoms with Crippen molar-refractivity contribution in [3.8, 4) is 0 Å². The van der Waals surface area contributed by atoms with Gasteiger partial charge in [0.25, 0.3) is 0 Å². The summed E-state index contributed by atoms with van der Waals surface area (Å²) in [5.41, 5.74) is 7.66. The quantitative estimate of drug-likeness (QED) is 0.792. The summed E-state index contributed by atoms with van der Waals surface area (Å²) in [6, 6.07) is 3.95. The van der Waals surface area contributed by atoms with E-state index in [1.165, 1.54) is 0 Å². The Morgan fingerprint density at radius 1 is 1.50 bits per heavy atom. The maximum absolute atomic E-state index is 5.79. The molecule has 0 atom stereocenters. The molecule has 1 heterocycles. The van der Waals surface area contributed by atoms with Gasteiger partial charge < -0.3 is 10.5 Å². The molecule has 78 valence electrons. The van der Waals surface area contributed by atoms with Crippen molar-refractivity contribution in [1.82, 2.24) is 4.98 Å². The van der Waals surface area contributed by atoms with E-state index in [9.17, 15) is 0 Å². The average Bonchev–Trinajstić information content (AvgIpc) is 2.06. The number of hydrogen-bond donors (Lipinski definition) is 1. The largest absolute Gasteiger partial charge is 0.373 e. The highest BCUT2D eigenvalue weighted by Gasteiger charge is 2.10. The summed E-state index contributed by atoms with van der Waals surface area (Å²) < 4.78 is 5.48. The van der Waals surface area contributed by atoms with E-state index >= 15 is 0 Å². The van der Waals surface area contributed by atoms with Crippen molar-refractivity contribution >= 4 is 0 Å². The summed E-state index contributed by atoms with van der Waals surface area (Å²) in [5.74, 6) is 0. The standard InChI is InChI=1S/C11H18N2O/c1-9-5-4-6-13-10(9)7-14-8-11(2,3)12/h4-6H,7-8,12H2,1-3H3. The zero-order chi connectivity index (χ0) is 10.6. The van der Waals surface area contributed by atoms with Gasteiger partial charge in [-0.25, -0.2) is 0 Å². The van der Waals surface area contributed by atoms with Crippen molar-refractivity contribution in [3.63, 3.8) is 0 Å². The molecular weight excluding hydrogens is 176 g/mol. The SMILES string of the molecule is Cc1cccnc1COCC(C)(C)N. The third kappa shape index (κ3) is 3.85. The molecule has 1 aromatic rings. The van der Waals surface area contributed by atoms with Crippen LogP contribution in [0.2, 0.25) is 0 Å². The van der Waals surface area contributed by atoms with Gasteiger partial charge in [0.05, 0.1) is 18.9 Å². The summed E-state index contributed by atoms with van der Waals surface area (Å²) in [4.78, 5) is 4.23. The van der Waals surface area contributed by atoms with Crippen molar-refractivity contribution < 1.29 is 4.74 Å². The van der Waals surface area contributed by atoms with Crippen LogP contribution in [0.25, 0.3) is 0 Å². The molecule has 0 unspecified atom stereocenters. The first-order valence-corrected chi connectivity index (χ1v) is 4.76. The van der Waals surface area contributed by atoms with Gasteiger partial charge in [0, 0.05) is 11.7 Å². The predicted octanol–water partition coefficient (Wildman–Crippen LogP) is 1.64. The average molecular weight is 194 g/mol. The Morgan fingerprint density at radius 3 is 2.79 bits per heavy atom. The monoisotopic (exact) mass is 194 g/mol. The van der Waals surface area contributed by atoms with E-state index in [0.29, 0.717) is 13.2 Å². The molecule has 0 bridgehead atoms. The van der Waals surface area contributed by atoms with Crippen molar-refractivity contribution in [2.45, 2.75) is 32.9 Å². The number of nitrogens with zero attached hydrogens (tertiary/aromatic N) is 1. The Labute approximate surface area is 85.3 Å². The van der Waals surface area contributed by atoms with Gasteiger partial charge in [0.2, 0.25) is 0 Å². The van der Waals surface area contributed by atoms with E-state index in [4.69, 9.17) is 10.5 Å². The normalized spacial score (nSPS) is 11.7. The Hall–Kier alpha value is -0.930. The van der Waals surface area contributed by atoms with Crippen LogP contribution in [0.4, 0.5) is 0 Å². The number of ether oxygens (including phenoxy) is 1. The highest BCUT2D eigenvalue weighted by atomic mass is 16.5. The number of aromatic nitrogens is 1. The number of hydrogen-bond acceptors (Lipinski definition) is 3. The van der Waals surface area contributed by atoms with Crippen molar-refractivity contribution in [1.29, 1.82) is 0 Å². The second-order valence-corrected chi connectivity index (χ2v) is 4.25. The lowest BCUT2D eigenvalue weighted by Gasteiger charge is -2.18. The van der Waals surface area contributed by atoms with Gasteiger partial charge in [-0.1, -0.05) is 6.07 Å². The second-order valence-electron chi connectivity index (χ2n) is 4.25. The highest BCUT2D eigenvalue weighted by Crippen LogP contribution is 2.06. The summed E-state index contributed by atoms with van der Waals surface area (Å²) in [5, 5.41) is 0. The van der Waals surface area contributed by atoms with Crippen LogP contribution < -0.4 is 5.73 Å². The van der Waals surface area contributed by atoms with Gasteiger partial charge in [-0.15, -0.1) is 0 Å². The first-order valence-electron chi connectivity index (χ1n) is 4.76. The summed E-state index contributed by atoms with van der Waals surface area (Å²) in [6.45, 7) is 6.99. The van der Waals surface area contributed by atoms with Crippen molar-refractivity contribution in [3.05, 3.63) is 29.6 Å². The molecule has 3 nitrogen and oxygen atoms in total. The minimum absolute atomic E-state index is 0.275.